The first kappa shape index (κ1) is 18.9. The maximum Gasteiger partial charge on any atom is 0.410 e. The Balaban J connectivity index is 1.67. The monoisotopic (exact) mass is 370 g/mol. The molecule has 1 saturated heterocycles. The van der Waals surface area contributed by atoms with Gasteiger partial charge in [0.15, 0.2) is 5.82 Å². The van der Waals surface area contributed by atoms with Crippen molar-refractivity contribution in [2.24, 2.45) is 0 Å². The molecule has 0 aliphatic carbocycles. The van der Waals surface area contributed by atoms with Crippen LogP contribution in [0.1, 0.15) is 20.8 Å². The number of anilines is 1. The van der Waals surface area contributed by atoms with Crippen molar-refractivity contribution in [2.75, 3.05) is 38.2 Å². The molecule has 0 atom stereocenters. The first-order valence-electron chi connectivity index (χ1n) is 9.06. The van der Waals surface area contributed by atoms with Crippen LogP contribution in [0.3, 0.4) is 0 Å². The SMILES string of the molecule is COc1cccc(-c2nccc(N3CCN(C(=O)OC(C)(C)C)CC3)n2)c1. The van der Waals surface area contributed by atoms with Gasteiger partial charge in [0, 0.05) is 37.9 Å². The highest BCUT2D eigenvalue weighted by Gasteiger charge is 2.26. The van der Waals surface area contributed by atoms with Gasteiger partial charge in [-0.1, -0.05) is 12.1 Å². The second-order valence-electron chi connectivity index (χ2n) is 7.42. The lowest BCUT2D eigenvalue weighted by Gasteiger charge is -2.36. The van der Waals surface area contributed by atoms with Gasteiger partial charge in [-0.2, -0.15) is 0 Å². The summed E-state index contributed by atoms with van der Waals surface area (Å²) in [5, 5.41) is 0. The van der Waals surface area contributed by atoms with Crippen molar-refractivity contribution < 1.29 is 14.3 Å². The first-order chi connectivity index (χ1) is 12.9. The van der Waals surface area contributed by atoms with Crippen molar-refractivity contribution in [3.8, 4) is 17.1 Å². The topological polar surface area (TPSA) is 67.8 Å². The predicted molar refractivity (Wildman–Crippen MR) is 104 cm³/mol. The number of carbonyl (C=O) groups is 1. The van der Waals surface area contributed by atoms with Gasteiger partial charge in [-0.25, -0.2) is 14.8 Å². The third-order valence-corrected chi connectivity index (χ3v) is 4.22. The maximum atomic E-state index is 12.2. The quantitative estimate of drug-likeness (QED) is 0.826. The Morgan fingerprint density at radius 1 is 1.11 bits per heavy atom. The Hall–Kier alpha value is -2.83. The van der Waals surface area contributed by atoms with Gasteiger partial charge in [-0.15, -0.1) is 0 Å². The second-order valence-corrected chi connectivity index (χ2v) is 7.42. The summed E-state index contributed by atoms with van der Waals surface area (Å²) >= 11 is 0. The van der Waals surface area contributed by atoms with Crippen molar-refractivity contribution in [1.29, 1.82) is 0 Å². The lowest BCUT2D eigenvalue weighted by molar-refractivity contribution is 0.0240. The second kappa shape index (κ2) is 7.82. The number of hydrogen-bond donors (Lipinski definition) is 0. The van der Waals surface area contributed by atoms with Crippen molar-refractivity contribution in [3.05, 3.63) is 36.5 Å². The Bertz CT molecular complexity index is 796. The molecule has 2 heterocycles. The molecule has 7 nitrogen and oxygen atoms in total. The van der Waals surface area contributed by atoms with Gasteiger partial charge < -0.3 is 19.3 Å². The highest BCUT2D eigenvalue weighted by atomic mass is 16.6. The number of amides is 1. The lowest BCUT2D eigenvalue weighted by Crippen LogP contribution is -2.50. The molecular weight excluding hydrogens is 344 g/mol. The largest absolute Gasteiger partial charge is 0.497 e. The molecule has 27 heavy (non-hydrogen) atoms. The van der Waals surface area contributed by atoms with Gasteiger partial charge >= 0.3 is 6.09 Å². The number of carbonyl (C=O) groups excluding carboxylic acids is 1. The molecule has 1 aromatic heterocycles. The summed E-state index contributed by atoms with van der Waals surface area (Å²) in [6.45, 7) is 8.24. The minimum atomic E-state index is -0.480. The molecule has 1 aliphatic rings. The fourth-order valence-electron chi connectivity index (χ4n) is 2.87. The highest BCUT2D eigenvalue weighted by Crippen LogP contribution is 2.23. The zero-order valence-corrected chi connectivity index (χ0v) is 16.3. The molecule has 1 amide bonds. The molecule has 0 unspecified atom stereocenters. The average Bonchev–Trinajstić information content (AvgIpc) is 2.67. The van der Waals surface area contributed by atoms with Crippen LogP contribution in [0.15, 0.2) is 36.5 Å². The molecule has 3 rings (SSSR count). The molecular formula is C20H26N4O3. The van der Waals surface area contributed by atoms with E-state index in [4.69, 9.17) is 14.5 Å². The molecule has 0 spiro atoms. The average molecular weight is 370 g/mol. The van der Waals surface area contributed by atoms with Gasteiger partial charge in [0.1, 0.15) is 17.2 Å². The summed E-state index contributed by atoms with van der Waals surface area (Å²) < 4.78 is 10.7. The number of methoxy groups -OCH3 is 1. The van der Waals surface area contributed by atoms with Crippen molar-refractivity contribution in [3.63, 3.8) is 0 Å². The summed E-state index contributed by atoms with van der Waals surface area (Å²) in [4.78, 5) is 25.2. The molecule has 0 N–H and O–H groups in total. The zero-order valence-electron chi connectivity index (χ0n) is 16.3. The number of rotatable bonds is 3. The van der Waals surface area contributed by atoms with E-state index in [9.17, 15) is 4.79 Å². The number of hydrogen-bond acceptors (Lipinski definition) is 6. The fourth-order valence-corrected chi connectivity index (χ4v) is 2.87. The summed E-state index contributed by atoms with van der Waals surface area (Å²) in [5.41, 5.74) is 0.426. The van der Waals surface area contributed by atoms with Gasteiger partial charge in [-0.3, -0.25) is 0 Å². The lowest BCUT2D eigenvalue weighted by atomic mass is 10.2. The number of benzene rings is 1. The molecule has 7 heteroatoms. The van der Waals surface area contributed by atoms with Crippen LogP contribution in [0.5, 0.6) is 5.75 Å². The molecule has 0 bridgehead atoms. The van der Waals surface area contributed by atoms with Crippen LogP contribution >= 0.6 is 0 Å². The zero-order chi connectivity index (χ0) is 19.4. The van der Waals surface area contributed by atoms with Crippen LogP contribution in [0.2, 0.25) is 0 Å². The van der Waals surface area contributed by atoms with E-state index in [0.29, 0.717) is 32.0 Å². The van der Waals surface area contributed by atoms with Gasteiger partial charge in [-0.05, 0) is 39.0 Å². The van der Waals surface area contributed by atoms with E-state index >= 15 is 0 Å². The molecule has 0 radical (unpaired) electrons. The van der Waals surface area contributed by atoms with E-state index in [2.05, 4.69) is 9.88 Å². The summed E-state index contributed by atoms with van der Waals surface area (Å²) in [5.74, 6) is 2.28. The third-order valence-electron chi connectivity index (χ3n) is 4.22. The smallest absolute Gasteiger partial charge is 0.410 e. The highest BCUT2D eigenvalue weighted by molar-refractivity contribution is 5.68. The minimum absolute atomic E-state index is 0.262. The predicted octanol–water partition coefficient (Wildman–Crippen LogP) is 3.21. The summed E-state index contributed by atoms with van der Waals surface area (Å²) in [6, 6.07) is 9.58. The summed E-state index contributed by atoms with van der Waals surface area (Å²) in [7, 11) is 1.64. The van der Waals surface area contributed by atoms with Crippen LogP contribution in [-0.4, -0.2) is 59.9 Å². The van der Waals surface area contributed by atoms with E-state index in [1.165, 1.54) is 0 Å². The van der Waals surface area contributed by atoms with Crippen LogP contribution < -0.4 is 9.64 Å². The number of aromatic nitrogens is 2. The van der Waals surface area contributed by atoms with Crippen molar-refractivity contribution in [2.45, 2.75) is 26.4 Å². The maximum absolute atomic E-state index is 12.2. The van der Waals surface area contributed by atoms with Crippen LogP contribution in [0, 0.1) is 0 Å². The Kier molecular flexibility index (Phi) is 5.48. The van der Waals surface area contributed by atoms with Crippen molar-refractivity contribution in [1.82, 2.24) is 14.9 Å². The van der Waals surface area contributed by atoms with E-state index in [0.717, 1.165) is 17.1 Å². The van der Waals surface area contributed by atoms with Gasteiger partial charge in [0.2, 0.25) is 0 Å². The Morgan fingerprint density at radius 2 is 1.85 bits per heavy atom. The normalized spacial score (nSPS) is 14.8. The Morgan fingerprint density at radius 3 is 2.52 bits per heavy atom. The van der Waals surface area contributed by atoms with E-state index in [1.54, 1.807) is 18.2 Å². The molecule has 1 aromatic carbocycles. The third kappa shape index (κ3) is 4.87. The van der Waals surface area contributed by atoms with E-state index < -0.39 is 5.60 Å². The first-order valence-corrected chi connectivity index (χ1v) is 9.06. The Labute approximate surface area is 159 Å². The summed E-state index contributed by atoms with van der Waals surface area (Å²) in [6.07, 6.45) is 1.50. The number of ether oxygens (including phenoxy) is 2. The van der Waals surface area contributed by atoms with E-state index in [-0.39, 0.29) is 6.09 Å². The molecule has 1 aliphatic heterocycles. The molecule has 144 valence electrons. The molecule has 2 aromatic rings. The fraction of sp³-hybridized carbons (Fsp3) is 0.450. The van der Waals surface area contributed by atoms with Crippen LogP contribution in [0.25, 0.3) is 11.4 Å². The van der Waals surface area contributed by atoms with Crippen LogP contribution in [0.4, 0.5) is 10.6 Å². The number of nitrogens with zero attached hydrogens (tertiary/aromatic N) is 4. The van der Waals surface area contributed by atoms with Gasteiger partial charge in [0.05, 0.1) is 7.11 Å². The van der Waals surface area contributed by atoms with Crippen molar-refractivity contribution >= 4 is 11.9 Å². The number of piperazine rings is 1. The van der Waals surface area contributed by atoms with Gasteiger partial charge in [0.25, 0.3) is 0 Å². The van der Waals surface area contributed by atoms with E-state index in [1.807, 2.05) is 51.1 Å². The van der Waals surface area contributed by atoms with Crippen LogP contribution in [-0.2, 0) is 4.74 Å². The molecule has 0 saturated carbocycles. The standard InChI is InChI=1S/C20H26N4O3/c1-20(2,3)27-19(25)24-12-10-23(11-13-24)17-8-9-21-18(22-17)15-6-5-7-16(14-15)26-4/h5-9,14H,10-13H2,1-4H3. The minimum Gasteiger partial charge on any atom is -0.497 e. The molecule has 1 fully saturated rings.